The second-order valence-electron chi connectivity index (χ2n) is 6.88. The molecular weight excluding hydrogens is 366 g/mol. The number of anilines is 1. The lowest BCUT2D eigenvalue weighted by Crippen LogP contribution is -2.32. The van der Waals surface area contributed by atoms with Crippen molar-refractivity contribution in [2.75, 3.05) is 18.5 Å². The SMILES string of the molecule is O=C(NCC1CCCO1)c1cc(NCc2ccncc2)nc(-c2ccccc2)n1. The number of nitrogens with zero attached hydrogens (tertiary/aromatic N) is 3. The highest BCUT2D eigenvalue weighted by Gasteiger charge is 2.18. The highest BCUT2D eigenvalue weighted by Crippen LogP contribution is 2.19. The third-order valence-electron chi connectivity index (χ3n) is 4.73. The molecule has 7 nitrogen and oxygen atoms in total. The maximum absolute atomic E-state index is 12.7. The van der Waals surface area contributed by atoms with E-state index in [4.69, 9.17) is 4.74 Å². The van der Waals surface area contributed by atoms with Gasteiger partial charge >= 0.3 is 0 Å². The van der Waals surface area contributed by atoms with Crippen molar-refractivity contribution in [2.24, 2.45) is 0 Å². The Morgan fingerprint density at radius 3 is 2.69 bits per heavy atom. The molecule has 1 aliphatic rings. The molecule has 0 saturated carbocycles. The van der Waals surface area contributed by atoms with E-state index in [9.17, 15) is 4.79 Å². The quantitative estimate of drug-likeness (QED) is 0.646. The third-order valence-corrected chi connectivity index (χ3v) is 4.73. The van der Waals surface area contributed by atoms with Crippen LogP contribution >= 0.6 is 0 Å². The van der Waals surface area contributed by atoms with Crippen LogP contribution in [0.15, 0.2) is 60.9 Å². The molecule has 2 N–H and O–H groups in total. The van der Waals surface area contributed by atoms with Crippen molar-refractivity contribution < 1.29 is 9.53 Å². The molecule has 0 radical (unpaired) electrons. The number of aromatic nitrogens is 3. The van der Waals surface area contributed by atoms with Crippen LogP contribution in [0.5, 0.6) is 0 Å². The number of amides is 1. The Balaban J connectivity index is 1.54. The van der Waals surface area contributed by atoms with Gasteiger partial charge < -0.3 is 15.4 Å². The zero-order valence-electron chi connectivity index (χ0n) is 16.0. The molecule has 0 aliphatic carbocycles. The molecule has 1 amide bonds. The predicted octanol–water partition coefficient (Wildman–Crippen LogP) is 3.06. The molecule has 1 aromatic carbocycles. The van der Waals surface area contributed by atoms with Gasteiger partial charge in [-0.25, -0.2) is 9.97 Å². The summed E-state index contributed by atoms with van der Waals surface area (Å²) in [6, 6.07) is 15.2. The number of carbonyl (C=O) groups excluding carboxylic acids is 1. The third kappa shape index (κ3) is 5.14. The number of hydrogen-bond acceptors (Lipinski definition) is 6. The molecular formula is C22H23N5O2. The number of nitrogens with one attached hydrogen (secondary N) is 2. The first-order valence-electron chi connectivity index (χ1n) is 9.75. The van der Waals surface area contributed by atoms with E-state index >= 15 is 0 Å². The van der Waals surface area contributed by atoms with E-state index in [1.165, 1.54) is 0 Å². The number of hydrogen-bond donors (Lipinski definition) is 2. The van der Waals surface area contributed by atoms with Gasteiger partial charge in [0.05, 0.1) is 6.10 Å². The maximum atomic E-state index is 12.7. The number of rotatable bonds is 7. The van der Waals surface area contributed by atoms with Gasteiger partial charge in [-0.1, -0.05) is 30.3 Å². The van der Waals surface area contributed by atoms with Gasteiger partial charge in [0.15, 0.2) is 5.82 Å². The molecule has 4 rings (SSSR count). The summed E-state index contributed by atoms with van der Waals surface area (Å²) < 4.78 is 5.58. The van der Waals surface area contributed by atoms with E-state index in [0.717, 1.165) is 30.6 Å². The van der Waals surface area contributed by atoms with E-state index in [1.54, 1.807) is 18.5 Å². The van der Waals surface area contributed by atoms with Crippen LogP contribution in [0.2, 0.25) is 0 Å². The topological polar surface area (TPSA) is 89.0 Å². The fourth-order valence-electron chi connectivity index (χ4n) is 3.17. The van der Waals surface area contributed by atoms with Crippen molar-refractivity contribution in [2.45, 2.75) is 25.5 Å². The average molecular weight is 389 g/mol. The van der Waals surface area contributed by atoms with Crippen molar-refractivity contribution in [1.82, 2.24) is 20.3 Å². The lowest BCUT2D eigenvalue weighted by Gasteiger charge is -2.13. The molecule has 3 heterocycles. The highest BCUT2D eigenvalue weighted by atomic mass is 16.5. The second-order valence-corrected chi connectivity index (χ2v) is 6.88. The molecule has 1 atom stereocenters. The van der Waals surface area contributed by atoms with Crippen molar-refractivity contribution in [3.63, 3.8) is 0 Å². The van der Waals surface area contributed by atoms with E-state index in [0.29, 0.717) is 30.4 Å². The molecule has 29 heavy (non-hydrogen) atoms. The van der Waals surface area contributed by atoms with Gasteiger partial charge in [0.1, 0.15) is 11.5 Å². The highest BCUT2D eigenvalue weighted by molar-refractivity contribution is 5.93. The summed E-state index contributed by atoms with van der Waals surface area (Å²) in [5.74, 6) is 0.873. The van der Waals surface area contributed by atoms with Crippen LogP contribution in [0.1, 0.15) is 28.9 Å². The smallest absolute Gasteiger partial charge is 0.270 e. The van der Waals surface area contributed by atoms with Gasteiger partial charge in [0.2, 0.25) is 0 Å². The number of pyridine rings is 1. The summed E-state index contributed by atoms with van der Waals surface area (Å²) in [5, 5.41) is 6.21. The Bertz CT molecular complexity index is 944. The van der Waals surface area contributed by atoms with Crippen molar-refractivity contribution in [3.8, 4) is 11.4 Å². The maximum Gasteiger partial charge on any atom is 0.270 e. The minimum absolute atomic E-state index is 0.0821. The van der Waals surface area contributed by atoms with Crippen LogP contribution in [-0.2, 0) is 11.3 Å². The molecule has 0 bridgehead atoms. The van der Waals surface area contributed by atoms with Gasteiger partial charge in [0.25, 0.3) is 5.91 Å². The summed E-state index contributed by atoms with van der Waals surface area (Å²) in [7, 11) is 0. The first-order chi connectivity index (χ1) is 14.3. The van der Waals surface area contributed by atoms with Gasteiger partial charge in [-0.2, -0.15) is 0 Å². The van der Waals surface area contributed by atoms with Crippen LogP contribution in [0.3, 0.4) is 0 Å². The molecule has 1 aliphatic heterocycles. The Morgan fingerprint density at radius 1 is 1.10 bits per heavy atom. The van der Waals surface area contributed by atoms with Crippen molar-refractivity contribution in [3.05, 3.63) is 72.2 Å². The van der Waals surface area contributed by atoms with Gasteiger partial charge in [0, 0.05) is 43.7 Å². The first kappa shape index (κ1) is 19.0. The Labute approximate surface area is 169 Å². The molecule has 1 saturated heterocycles. The summed E-state index contributed by atoms with van der Waals surface area (Å²) in [6.45, 7) is 1.82. The summed E-state index contributed by atoms with van der Waals surface area (Å²) in [4.78, 5) is 25.8. The summed E-state index contributed by atoms with van der Waals surface area (Å²) >= 11 is 0. The van der Waals surface area contributed by atoms with Crippen LogP contribution in [0.4, 0.5) is 5.82 Å². The number of carbonyl (C=O) groups is 1. The second kappa shape index (κ2) is 9.25. The lowest BCUT2D eigenvalue weighted by atomic mass is 10.2. The molecule has 1 unspecified atom stereocenters. The van der Waals surface area contributed by atoms with Gasteiger partial charge in [-0.15, -0.1) is 0 Å². The fraction of sp³-hybridized carbons (Fsp3) is 0.273. The van der Waals surface area contributed by atoms with Crippen LogP contribution in [0, 0.1) is 0 Å². The van der Waals surface area contributed by atoms with Crippen LogP contribution in [0.25, 0.3) is 11.4 Å². The zero-order chi connectivity index (χ0) is 19.9. The molecule has 7 heteroatoms. The van der Waals surface area contributed by atoms with Gasteiger partial charge in [-0.3, -0.25) is 9.78 Å². The lowest BCUT2D eigenvalue weighted by molar-refractivity contribution is 0.0853. The largest absolute Gasteiger partial charge is 0.376 e. The Hall–Kier alpha value is -3.32. The Morgan fingerprint density at radius 2 is 1.93 bits per heavy atom. The predicted molar refractivity (Wildman–Crippen MR) is 110 cm³/mol. The number of ether oxygens (including phenoxy) is 1. The van der Waals surface area contributed by atoms with E-state index in [1.807, 2.05) is 42.5 Å². The normalized spacial score (nSPS) is 15.8. The van der Waals surface area contributed by atoms with Crippen molar-refractivity contribution in [1.29, 1.82) is 0 Å². The minimum Gasteiger partial charge on any atom is -0.376 e. The monoisotopic (exact) mass is 389 g/mol. The molecule has 3 aromatic rings. The van der Waals surface area contributed by atoms with Crippen LogP contribution < -0.4 is 10.6 Å². The minimum atomic E-state index is -0.230. The fourth-order valence-corrected chi connectivity index (χ4v) is 3.17. The average Bonchev–Trinajstić information content (AvgIpc) is 3.31. The molecule has 1 fully saturated rings. The Kier molecular flexibility index (Phi) is 6.07. The zero-order valence-corrected chi connectivity index (χ0v) is 16.0. The van der Waals surface area contributed by atoms with Gasteiger partial charge in [-0.05, 0) is 30.5 Å². The summed E-state index contributed by atoms with van der Waals surface area (Å²) in [6.07, 6.45) is 5.58. The van der Waals surface area contributed by atoms with Crippen molar-refractivity contribution >= 4 is 11.7 Å². The first-order valence-corrected chi connectivity index (χ1v) is 9.75. The van der Waals surface area contributed by atoms with E-state index in [-0.39, 0.29) is 12.0 Å². The molecule has 0 spiro atoms. The molecule has 148 valence electrons. The van der Waals surface area contributed by atoms with E-state index < -0.39 is 0 Å². The van der Waals surface area contributed by atoms with Crippen LogP contribution in [-0.4, -0.2) is 40.1 Å². The number of benzene rings is 1. The summed E-state index contributed by atoms with van der Waals surface area (Å²) in [5.41, 5.74) is 2.26. The molecule has 2 aromatic heterocycles. The standard InChI is InChI=1S/C22H23N5O2/c28-22(25-15-18-7-4-12-29-18)19-13-20(24-14-16-8-10-23-11-9-16)27-21(26-19)17-5-2-1-3-6-17/h1-3,5-6,8-11,13,18H,4,7,12,14-15H2,(H,25,28)(H,24,26,27). The van der Waals surface area contributed by atoms with E-state index in [2.05, 4.69) is 25.6 Å².